The number of aromatic nitrogens is 5. The molecule has 3 fully saturated rings. The number of fused-ring (bicyclic) bond motifs is 2. The summed E-state index contributed by atoms with van der Waals surface area (Å²) in [6.07, 6.45) is 9.35. The Balaban J connectivity index is 1.32. The summed E-state index contributed by atoms with van der Waals surface area (Å²) in [5, 5.41) is 6.80. The summed E-state index contributed by atoms with van der Waals surface area (Å²) in [6.45, 7) is 3.98. The Hall–Kier alpha value is -2.96. The zero-order valence-electron chi connectivity index (χ0n) is 24.3. The second-order valence-electron chi connectivity index (χ2n) is 11.5. The van der Waals surface area contributed by atoms with Crippen LogP contribution in [-0.4, -0.2) is 88.8 Å². The number of rotatable bonds is 7. The molecular formula is C30H35Cl2N7O4. The van der Waals surface area contributed by atoms with Crippen LogP contribution in [0, 0.1) is 0 Å². The molecule has 0 spiro atoms. The molecule has 7 rings (SSSR count). The van der Waals surface area contributed by atoms with Crippen molar-refractivity contribution in [1.82, 2.24) is 29.6 Å². The van der Waals surface area contributed by atoms with Crippen molar-refractivity contribution in [2.24, 2.45) is 0 Å². The highest BCUT2D eigenvalue weighted by molar-refractivity contribution is 6.44. The minimum atomic E-state index is -0.211. The van der Waals surface area contributed by atoms with E-state index >= 15 is 0 Å². The number of hydrogen-bond acceptors (Lipinski definition) is 10. The summed E-state index contributed by atoms with van der Waals surface area (Å²) in [5.74, 6) is 1.45. The van der Waals surface area contributed by atoms with Crippen LogP contribution < -0.4 is 14.4 Å². The standard InChI is InChI=1S/C30H35Cl2N7O4/c1-37-16-22(40-2)23(17-37)42-30-35-26-18(28(36-30)38-11-5-3-6-12-38)9-10-33-29(26)43-27-19-15-34-39(24-8-4-7-13-41-24)21(19)14-20(31)25(27)32/h9-10,14-15,22-24H,3-8,11-13,16-17H2,1-2H3/t22-,23-,24?/m1/s1. The Kier molecular flexibility index (Phi) is 8.17. The van der Waals surface area contributed by atoms with Crippen LogP contribution in [0.3, 0.4) is 0 Å². The van der Waals surface area contributed by atoms with Crippen LogP contribution >= 0.6 is 23.2 Å². The van der Waals surface area contributed by atoms with E-state index in [4.69, 9.17) is 52.1 Å². The molecule has 0 amide bonds. The molecule has 1 aromatic carbocycles. The molecule has 6 heterocycles. The Bertz CT molecular complexity index is 1620. The monoisotopic (exact) mass is 627 g/mol. The number of methoxy groups -OCH3 is 1. The lowest BCUT2D eigenvalue weighted by atomic mass is 10.1. The first-order chi connectivity index (χ1) is 21.0. The van der Waals surface area contributed by atoms with Gasteiger partial charge in [-0.25, -0.2) is 9.67 Å². The van der Waals surface area contributed by atoms with Crippen LogP contribution in [0.1, 0.15) is 44.8 Å². The number of ether oxygens (including phenoxy) is 4. The van der Waals surface area contributed by atoms with Crippen molar-refractivity contribution in [2.75, 3.05) is 51.8 Å². The van der Waals surface area contributed by atoms with Gasteiger partial charge in [0.1, 0.15) is 28.6 Å². The van der Waals surface area contributed by atoms with Gasteiger partial charge in [-0.15, -0.1) is 0 Å². The third-order valence-corrected chi connectivity index (χ3v) is 9.30. The van der Waals surface area contributed by atoms with Gasteiger partial charge in [0.15, 0.2) is 12.0 Å². The van der Waals surface area contributed by atoms with Crippen molar-refractivity contribution in [1.29, 1.82) is 0 Å². The van der Waals surface area contributed by atoms with Gasteiger partial charge in [0, 0.05) is 46.1 Å². The molecule has 0 bridgehead atoms. The van der Waals surface area contributed by atoms with E-state index in [2.05, 4.69) is 19.9 Å². The van der Waals surface area contributed by atoms with Crippen LogP contribution in [0.5, 0.6) is 17.6 Å². The van der Waals surface area contributed by atoms with Crippen LogP contribution in [0.2, 0.25) is 10.0 Å². The summed E-state index contributed by atoms with van der Waals surface area (Å²) in [6, 6.07) is 3.99. The van der Waals surface area contributed by atoms with Crippen molar-refractivity contribution < 1.29 is 18.9 Å². The molecule has 0 aliphatic carbocycles. The zero-order valence-corrected chi connectivity index (χ0v) is 25.9. The van der Waals surface area contributed by atoms with E-state index in [0.29, 0.717) is 34.8 Å². The largest absolute Gasteiger partial charge is 0.456 e. The number of piperidine rings is 1. The van der Waals surface area contributed by atoms with Gasteiger partial charge >= 0.3 is 6.01 Å². The van der Waals surface area contributed by atoms with E-state index in [1.165, 1.54) is 6.42 Å². The van der Waals surface area contributed by atoms with Crippen molar-refractivity contribution >= 4 is 50.8 Å². The van der Waals surface area contributed by atoms with Crippen molar-refractivity contribution in [3.63, 3.8) is 0 Å². The summed E-state index contributed by atoms with van der Waals surface area (Å²) in [4.78, 5) is 18.9. The Morgan fingerprint density at radius 3 is 2.63 bits per heavy atom. The molecule has 0 N–H and O–H groups in total. The Labute approximate surface area is 260 Å². The fraction of sp³-hybridized carbons (Fsp3) is 0.533. The topological polar surface area (TPSA) is 99.9 Å². The molecule has 3 aliphatic heterocycles. The van der Waals surface area contributed by atoms with Crippen LogP contribution in [0.25, 0.3) is 21.8 Å². The second kappa shape index (κ2) is 12.2. The van der Waals surface area contributed by atoms with Gasteiger partial charge in [-0.05, 0) is 57.7 Å². The predicted octanol–water partition coefficient (Wildman–Crippen LogP) is 5.87. The molecule has 11 nitrogen and oxygen atoms in total. The first-order valence-electron chi connectivity index (χ1n) is 14.9. The van der Waals surface area contributed by atoms with Gasteiger partial charge in [-0.2, -0.15) is 15.1 Å². The second-order valence-corrected chi connectivity index (χ2v) is 12.3. The SMILES string of the molecule is CO[C@@H]1CN(C)C[C@H]1Oc1nc(N2CCCCC2)c2ccnc(Oc3c(Cl)c(Cl)cc4c3cnn4C3CCCCO3)c2n1. The number of hydrogen-bond donors (Lipinski definition) is 0. The normalized spacial score (nSPS) is 23.3. The molecule has 0 radical (unpaired) electrons. The summed E-state index contributed by atoms with van der Waals surface area (Å²) >= 11 is 13.4. The molecule has 3 aromatic heterocycles. The summed E-state index contributed by atoms with van der Waals surface area (Å²) in [7, 11) is 3.75. The lowest BCUT2D eigenvalue weighted by Crippen LogP contribution is -2.33. The highest BCUT2D eigenvalue weighted by Crippen LogP contribution is 2.44. The number of pyridine rings is 1. The van der Waals surface area contributed by atoms with Crippen LogP contribution in [0.15, 0.2) is 24.5 Å². The molecular weight excluding hydrogens is 593 g/mol. The van der Waals surface area contributed by atoms with Gasteiger partial charge in [0.25, 0.3) is 0 Å². The van der Waals surface area contributed by atoms with Crippen molar-refractivity contribution in [3.05, 3.63) is 34.6 Å². The molecule has 43 heavy (non-hydrogen) atoms. The smallest absolute Gasteiger partial charge is 0.319 e. The Morgan fingerprint density at radius 2 is 1.84 bits per heavy atom. The maximum Gasteiger partial charge on any atom is 0.319 e. The molecule has 3 aliphatic rings. The number of benzene rings is 1. The number of halogens is 2. The quantitative estimate of drug-likeness (QED) is 0.247. The third kappa shape index (κ3) is 5.57. The molecule has 13 heteroatoms. The van der Waals surface area contributed by atoms with E-state index in [9.17, 15) is 0 Å². The molecule has 1 unspecified atom stereocenters. The van der Waals surface area contributed by atoms with Gasteiger partial charge in [0.2, 0.25) is 5.88 Å². The minimum absolute atomic E-state index is 0.0874. The van der Waals surface area contributed by atoms with E-state index < -0.39 is 0 Å². The average molecular weight is 629 g/mol. The fourth-order valence-electron chi connectivity index (χ4n) is 6.31. The molecule has 4 aromatic rings. The van der Waals surface area contributed by atoms with Gasteiger partial charge in [-0.1, -0.05) is 23.2 Å². The van der Waals surface area contributed by atoms with Gasteiger partial charge in [0.05, 0.1) is 27.5 Å². The maximum absolute atomic E-state index is 6.77. The number of likely N-dealkylation sites (tertiary alicyclic amines) is 1. The van der Waals surface area contributed by atoms with Gasteiger partial charge < -0.3 is 23.8 Å². The van der Waals surface area contributed by atoms with Crippen LogP contribution in [0.4, 0.5) is 5.82 Å². The molecule has 0 saturated carbocycles. The van der Waals surface area contributed by atoms with Gasteiger partial charge in [-0.3, -0.25) is 4.90 Å². The lowest BCUT2D eigenvalue weighted by molar-refractivity contribution is -0.0366. The number of nitrogens with zero attached hydrogens (tertiary/aromatic N) is 7. The highest BCUT2D eigenvalue weighted by atomic mass is 35.5. The number of anilines is 1. The average Bonchev–Trinajstić information content (AvgIpc) is 3.62. The van der Waals surface area contributed by atoms with E-state index in [1.807, 2.05) is 17.8 Å². The lowest BCUT2D eigenvalue weighted by Gasteiger charge is -2.29. The van der Waals surface area contributed by atoms with E-state index in [-0.39, 0.29) is 35.3 Å². The first-order valence-corrected chi connectivity index (χ1v) is 15.7. The molecule has 228 valence electrons. The Morgan fingerprint density at radius 1 is 1.00 bits per heavy atom. The van der Waals surface area contributed by atoms with Crippen molar-refractivity contribution in [2.45, 2.75) is 57.0 Å². The zero-order chi connectivity index (χ0) is 29.5. The minimum Gasteiger partial charge on any atom is -0.456 e. The van der Waals surface area contributed by atoms with Crippen molar-refractivity contribution in [3.8, 4) is 17.6 Å². The summed E-state index contributed by atoms with van der Waals surface area (Å²) < 4.78 is 26.5. The molecule has 3 atom stereocenters. The highest BCUT2D eigenvalue weighted by Gasteiger charge is 2.34. The molecule has 3 saturated heterocycles. The predicted molar refractivity (Wildman–Crippen MR) is 165 cm³/mol. The fourth-order valence-corrected chi connectivity index (χ4v) is 6.70. The van der Waals surface area contributed by atoms with E-state index in [0.717, 1.165) is 68.5 Å². The first kappa shape index (κ1) is 28.8. The number of likely N-dealkylation sites (N-methyl/N-ethyl adjacent to an activating group) is 1. The summed E-state index contributed by atoms with van der Waals surface area (Å²) in [5.41, 5.74) is 1.31. The third-order valence-electron chi connectivity index (χ3n) is 8.53. The maximum atomic E-state index is 6.77. The van der Waals surface area contributed by atoms with E-state index in [1.54, 1.807) is 25.6 Å². The van der Waals surface area contributed by atoms with Crippen LogP contribution in [-0.2, 0) is 9.47 Å².